The van der Waals surface area contributed by atoms with Crippen LogP contribution in [0.1, 0.15) is 32.1 Å². The van der Waals surface area contributed by atoms with Gasteiger partial charge in [-0.25, -0.2) is 0 Å². The summed E-state index contributed by atoms with van der Waals surface area (Å²) in [6, 6.07) is 4.85. The molecule has 1 N–H and O–H groups in total. The van der Waals surface area contributed by atoms with Crippen molar-refractivity contribution < 1.29 is 27.4 Å². The maximum absolute atomic E-state index is 13.0. The van der Waals surface area contributed by atoms with Crippen molar-refractivity contribution in [3.8, 4) is 5.75 Å². The zero-order valence-electron chi connectivity index (χ0n) is 14.1. The fourth-order valence-corrected chi connectivity index (χ4v) is 3.94. The second-order valence-electron chi connectivity index (χ2n) is 5.92. The molecule has 1 aromatic heterocycles. The van der Waals surface area contributed by atoms with E-state index in [0.717, 1.165) is 37.0 Å². The van der Waals surface area contributed by atoms with Crippen LogP contribution in [0.3, 0.4) is 0 Å². The molecule has 2 aromatic rings. The van der Waals surface area contributed by atoms with E-state index >= 15 is 0 Å². The van der Waals surface area contributed by atoms with Crippen molar-refractivity contribution in [3.63, 3.8) is 0 Å². The number of rotatable bonds is 6. The van der Waals surface area contributed by atoms with E-state index in [0.29, 0.717) is 4.88 Å². The van der Waals surface area contributed by atoms with E-state index in [9.17, 15) is 18.0 Å². The van der Waals surface area contributed by atoms with Crippen LogP contribution in [0.4, 0.5) is 18.9 Å². The lowest BCUT2D eigenvalue weighted by Gasteiger charge is -2.15. The minimum atomic E-state index is -4.51. The minimum absolute atomic E-state index is 0.00510. The third-order valence-corrected chi connectivity index (χ3v) is 5.31. The molecule has 0 saturated carbocycles. The van der Waals surface area contributed by atoms with E-state index in [1.165, 1.54) is 29.4 Å². The van der Waals surface area contributed by atoms with E-state index in [4.69, 9.17) is 9.47 Å². The van der Waals surface area contributed by atoms with Gasteiger partial charge < -0.3 is 14.8 Å². The highest BCUT2D eigenvalue weighted by Gasteiger charge is 2.31. The third kappa shape index (κ3) is 4.19. The maximum atomic E-state index is 13.0. The van der Waals surface area contributed by atoms with Gasteiger partial charge in [-0.2, -0.15) is 13.2 Å². The molecular weight excluding hydrogens is 367 g/mol. The van der Waals surface area contributed by atoms with Crippen LogP contribution in [0.2, 0.25) is 0 Å². The highest BCUT2D eigenvalue weighted by Crippen LogP contribution is 2.36. The standard InChI is InChI=1S/C18H18F3NO3S/c1-24-7-8-25-14-6-5-12(18(19,20)21)10-13(14)22-17(23)16-9-11-3-2-4-15(11)26-16/h5-6,9-10H,2-4,7-8H2,1H3,(H,22,23). The van der Waals surface area contributed by atoms with Crippen LogP contribution in [0.25, 0.3) is 0 Å². The fraction of sp³-hybridized carbons (Fsp3) is 0.389. The van der Waals surface area contributed by atoms with Gasteiger partial charge >= 0.3 is 6.18 Å². The maximum Gasteiger partial charge on any atom is 0.416 e. The Morgan fingerprint density at radius 3 is 2.73 bits per heavy atom. The van der Waals surface area contributed by atoms with Gasteiger partial charge in [-0.15, -0.1) is 11.3 Å². The first-order chi connectivity index (χ1) is 12.4. The number of halogens is 3. The van der Waals surface area contributed by atoms with Crippen LogP contribution in [0.5, 0.6) is 5.75 Å². The summed E-state index contributed by atoms with van der Waals surface area (Å²) >= 11 is 1.39. The minimum Gasteiger partial charge on any atom is -0.489 e. The summed E-state index contributed by atoms with van der Waals surface area (Å²) in [5, 5.41) is 2.56. The summed E-state index contributed by atoms with van der Waals surface area (Å²) < 4.78 is 49.3. The summed E-state index contributed by atoms with van der Waals surface area (Å²) in [4.78, 5) is 14.2. The lowest BCUT2D eigenvalue weighted by atomic mass is 10.1. The number of methoxy groups -OCH3 is 1. The smallest absolute Gasteiger partial charge is 0.416 e. The molecule has 1 aliphatic carbocycles. The number of nitrogens with one attached hydrogen (secondary N) is 1. The van der Waals surface area contributed by atoms with Crippen molar-refractivity contribution in [2.45, 2.75) is 25.4 Å². The lowest BCUT2D eigenvalue weighted by molar-refractivity contribution is -0.137. The number of amides is 1. The summed E-state index contributed by atoms with van der Waals surface area (Å²) in [5.41, 5.74) is 0.302. The van der Waals surface area contributed by atoms with Crippen LogP contribution in [0.15, 0.2) is 24.3 Å². The van der Waals surface area contributed by atoms with Crippen molar-refractivity contribution >= 4 is 22.9 Å². The van der Waals surface area contributed by atoms with E-state index in [2.05, 4.69) is 5.32 Å². The number of carbonyl (C=O) groups excluding carboxylic acids is 1. The Kier molecular flexibility index (Phi) is 5.52. The Hall–Kier alpha value is -2.06. The number of fused-ring (bicyclic) bond motifs is 1. The van der Waals surface area contributed by atoms with Crippen LogP contribution in [-0.4, -0.2) is 26.2 Å². The molecule has 1 aromatic carbocycles. The van der Waals surface area contributed by atoms with Crippen LogP contribution in [-0.2, 0) is 23.8 Å². The van der Waals surface area contributed by atoms with E-state index in [1.807, 2.05) is 6.07 Å². The predicted molar refractivity (Wildman–Crippen MR) is 93.1 cm³/mol. The van der Waals surface area contributed by atoms with Crippen molar-refractivity contribution in [2.75, 3.05) is 25.6 Å². The highest BCUT2D eigenvalue weighted by molar-refractivity contribution is 7.14. The molecule has 1 heterocycles. The molecule has 140 valence electrons. The first-order valence-corrected chi connectivity index (χ1v) is 8.96. The molecule has 26 heavy (non-hydrogen) atoms. The molecule has 0 fully saturated rings. The summed E-state index contributed by atoms with van der Waals surface area (Å²) in [6.07, 6.45) is -1.54. The molecule has 0 aliphatic heterocycles. The number of hydrogen-bond donors (Lipinski definition) is 1. The van der Waals surface area contributed by atoms with Crippen LogP contribution < -0.4 is 10.1 Å². The molecule has 1 aliphatic rings. The Morgan fingerprint density at radius 1 is 1.23 bits per heavy atom. The number of hydrogen-bond acceptors (Lipinski definition) is 4. The quantitative estimate of drug-likeness (QED) is 0.743. The van der Waals surface area contributed by atoms with Crippen molar-refractivity contribution in [2.24, 2.45) is 0 Å². The number of thiophene rings is 1. The molecule has 0 atom stereocenters. The summed E-state index contributed by atoms with van der Waals surface area (Å²) in [6.45, 7) is 0.448. The number of ether oxygens (including phenoxy) is 2. The predicted octanol–water partition coefficient (Wildman–Crippen LogP) is 4.53. The van der Waals surface area contributed by atoms with Crippen molar-refractivity contribution in [3.05, 3.63) is 45.1 Å². The fourth-order valence-electron chi connectivity index (χ4n) is 2.79. The van der Waals surface area contributed by atoms with Gasteiger partial charge in [-0.05, 0) is 49.1 Å². The van der Waals surface area contributed by atoms with E-state index in [1.54, 1.807) is 0 Å². The second kappa shape index (κ2) is 7.67. The Labute approximate surface area is 152 Å². The number of anilines is 1. The average Bonchev–Trinajstić information content (AvgIpc) is 3.17. The SMILES string of the molecule is COCCOc1ccc(C(F)(F)F)cc1NC(=O)c1cc2c(s1)CCC2. The zero-order chi connectivity index (χ0) is 18.7. The monoisotopic (exact) mass is 385 g/mol. The van der Waals surface area contributed by atoms with Crippen molar-refractivity contribution in [1.29, 1.82) is 0 Å². The molecule has 8 heteroatoms. The van der Waals surface area contributed by atoms with Gasteiger partial charge in [0.1, 0.15) is 12.4 Å². The van der Waals surface area contributed by atoms with Gasteiger partial charge in [0.15, 0.2) is 0 Å². The molecular formula is C18H18F3NO3S. The third-order valence-electron chi connectivity index (χ3n) is 4.07. The Morgan fingerprint density at radius 2 is 2.04 bits per heavy atom. The molecule has 0 bridgehead atoms. The topological polar surface area (TPSA) is 47.6 Å². The van der Waals surface area contributed by atoms with Crippen LogP contribution in [0, 0.1) is 0 Å². The van der Waals surface area contributed by atoms with Crippen molar-refractivity contribution in [1.82, 2.24) is 0 Å². The second-order valence-corrected chi connectivity index (χ2v) is 7.05. The van der Waals surface area contributed by atoms with E-state index in [-0.39, 0.29) is 24.7 Å². The first kappa shape index (κ1) is 18.7. The first-order valence-electron chi connectivity index (χ1n) is 8.14. The van der Waals surface area contributed by atoms with Gasteiger partial charge in [-0.3, -0.25) is 4.79 Å². The molecule has 1 amide bonds. The Bertz CT molecular complexity index is 780. The zero-order valence-corrected chi connectivity index (χ0v) is 14.9. The highest BCUT2D eigenvalue weighted by atomic mass is 32.1. The number of aryl methyl sites for hydroxylation is 2. The van der Waals surface area contributed by atoms with Gasteiger partial charge in [0.2, 0.25) is 0 Å². The van der Waals surface area contributed by atoms with Crippen LogP contribution >= 0.6 is 11.3 Å². The molecule has 0 spiro atoms. The van der Waals surface area contributed by atoms with Gasteiger partial charge in [0.05, 0.1) is 22.7 Å². The normalized spacial score (nSPS) is 13.5. The number of carbonyl (C=O) groups is 1. The lowest BCUT2D eigenvalue weighted by Crippen LogP contribution is -2.14. The number of alkyl halides is 3. The average molecular weight is 385 g/mol. The Balaban J connectivity index is 1.83. The van der Waals surface area contributed by atoms with Gasteiger partial charge in [0.25, 0.3) is 5.91 Å². The summed E-state index contributed by atoms with van der Waals surface area (Å²) in [5.74, 6) is -0.257. The molecule has 0 radical (unpaired) electrons. The largest absolute Gasteiger partial charge is 0.489 e. The van der Waals surface area contributed by atoms with Gasteiger partial charge in [0, 0.05) is 12.0 Å². The molecule has 0 unspecified atom stereocenters. The van der Waals surface area contributed by atoms with E-state index < -0.39 is 17.6 Å². The number of benzene rings is 1. The molecule has 3 rings (SSSR count). The molecule has 0 saturated heterocycles. The summed E-state index contributed by atoms with van der Waals surface area (Å²) in [7, 11) is 1.49. The van der Waals surface area contributed by atoms with Gasteiger partial charge in [-0.1, -0.05) is 0 Å². The molecule has 4 nitrogen and oxygen atoms in total.